The maximum Gasteiger partial charge on any atom is 0.213 e. The van der Waals surface area contributed by atoms with Crippen LogP contribution in [0.15, 0.2) is 47.3 Å². The molecule has 1 aliphatic rings. The second-order valence-corrected chi connectivity index (χ2v) is 5.41. The minimum absolute atomic E-state index is 0.137. The summed E-state index contributed by atoms with van der Waals surface area (Å²) in [5.41, 5.74) is 1.89. The molecule has 0 aliphatic heterocycles. The van der Waals surface area contributed by atoms with Crippen LogP contribution in [0.1, 0.15) is 31.3 Å². The number of benzene rings is 1. The van der Waals surface area contributed by atoms with Crippen LogP contribution in [0.25, 0.3) is 10.6 Å². The van der Waals surface area contributed by atoms with Crippen molar-refractivity contribution in [3.63, 3.8) is 0 Å². The highest BCUT2D eigenvalue weighted by Gasteiger charge is 2.33. The topological polar surface area (TPSA) is 60.2 Å². The molecule has 0 spiro atoms. The van der Waals surface area contributed by atoms with Crippen LogP contribution in [0.4, 0.5) is 0 Å². The average Bonchev–Trinajstić information content (AvgIpc) is 3.13. The molecule has 1 aromatic carbocycles. The van der Waals surface area contributed by atoms with Gasteiger partial charge in [-0.05, 0) is 6.07 Å². The van der Waals surface area contributed by atoms with E-state index in [0.29, 0.717) is 21.0 Å². The fourth-order valence-electron chi connectivity index (χ4n) is 2.27. The van der Waals surface area contributed by atoms with Crippen molar-refractivity contribution in [3.05, 3.63) is 64.6 Å². The quantitative estimate of drug-likeness (QED) is 0.537. The Kier molecular flexibility index (Phi) is 2.25. The number of nitrogens with zero attached hydrogens (tertiary/aromatic N) is 1. The zero-order valence-electron chi connectivity index (χ0n) is 10.1. The Morgan fingerprint density at radius 1 is 1.00 bits per heavy atom. The van der Waals surface area contributed by atoms with Crippen LogP contribution in [0.5, 0.6) is 0 Å². The lowest BCUT2D eigenvalue weighted by atomic mass is 9.91. The molecule has 20 heavy (non-hydrogen) atoms. The molecule has 0 bridgehead atoms. The number of rotatable bonds is 1. The van der Waals surface area contributed by atoms with E-state index in [0.717, 1.165) is 5.56 Å². The van der Waals surface area contributed by atoms with E-state index in [9.17, 15) is 9.59 Å². The molecule has 5 heteroatoms. The minimum Gasteiger partial charge on any atom is -0.472 e. The van der Waals surface area contributed by atoms with Crippen LogP contribution in [0.3, 0.4) is 0 Å². The maximum absolute atomic E-state index is 12.4. The first-order valence-corrected chi connectivity index (χ1v) is 6.79. The molecule has 1 aliphatic carbocycles. The van der Waals surface area contributed by atoms with E-state index < -0.39 is 0 Å². The van der Waals surface area contributed by atoms with Gasteiger partial charge in [-0.25, -0.2) is 4.98 Å². The van der Waals surface area contributed by atoms with Gasteiger partial charge >= 0.3 is 0 Å². The monoisotopic (exact) mass is 281 g/mol. The van der Waals surface area contributed by atoms with Crippen molar-refractivity contribution in [2.45, 2.75) is 0 Å². The van der Waals surface area contributed by atoms with Gasteiger partial charge in [0.2, 0.25) is 11.6 Å². The third kappa shape index (κ3) is 1.44. The summed E-state index contributed by atoms with van der Waals surface area (Å²) in [6.45, 7) is 0. The highest BCUT2D eigenvalue weighted by Crippen LogP contribution is 2.35. The van der Waals surface area contributed by atoms with E-state index in [1.54, 1.807) is 36.6 Å². The Balaban J connectivity index is 1.94. The van der Waals surface area contributed by atoms with Gasteiger partial charge in [0.15, 0.2) is 0 Å². The standard InChI is InChI=1S/C15H7NO3S/c17-12-9-3-1-2-4-10(9)13(18)14-11(12)16-15(20-14)8-5-6-19-7-8/h1-7H. The molecule has 2 aromatic heterocycles. The molecule has 0 atom stereocenters. The lowest BCUT2D eigenvalue weighted by molar-refractivity contribution is 0.0979. The Morgan fingerprint density at radius 3 is 2.45 bits per heavy atom. The van der Waals surface area contributed by atoms with Crippen molar-refractivity contribution in [1.82, 2.24) is 4.98 Å². The summed E-state index contributed by atoms with van der Waals surface area (Å²) in [6, 6.07) is 8.60. The van der Waals surface area contributed by atoms with Gasteiger partial charge in [0.1, 0.15) is 21.8 Å². The average molecular weight is 281 g/mol. The van der Waals surface area contributed by atoms with Crippen LogP contribution >= 0.6 is 11.3 Å². The van der Waals surface area contributed by atoms with E-state index in [1.165, 1.54) is 17.6 Å². The van der Waals surface area contributed by atoms with E-state index in [1.807, 2.05) is 0 Å². The highest BCUT2D eigenvalue weighted by atomic mass is 32.1. The molecule has 4 rings (SSSR count). The summed E-state index contributed by atoms with van der Waals surface area (Å²) < 4.78 is 5.01. The van der Waals surface area contributed by atoms with Crippen LogP contribution in [-0.4, -0.2) is 16.6 Å². The zero-order chi connectivity index (χ0) is 13.7. The molecular weight excluding hydrogens is 274 g/mol. The summed E-state index contributed by atoms with van der Waals surface area (Å²) >= 11 is 1.23. The third-order valence-electron chi connectivity index (χ3n) is 3.23. The number of furan rings is 1. The van der Waals surface area contributed by atoms with Crippen LogP contribution < -0.4 is 0 Å². The first-order valence-electron chi connectivity index (χ1n) is 5.97. The number of hydrogen-bond acceptors (Lipinski definition) is 5. The molecule has 3 aromatic rings. The van der Waals surface area contributed by atoms with Gasteiger partial charge in [-0.1, -0.05) is 24.3 Å². The first-order chi connectivity index (χ1) is 9.75. The Morgan fingerprint density at radius 2 is 1.75 bits per heavy atom. The number of ketones is 2. The molecule has 0 amide bonds. The smallest absolute Gasteiger partial charge is 0.213 e. The largest absolute Gasteiger partial charge is 0.472 e. The van der Waals surface area contributed by atoms with Crippen molar-refractivity contribution in [1.29, 1.82) is 0 Å². The number of thiazole rings is 1. The second-order valence-electron chi connectivity index (χ2n) is 4.41. The summed E-state index contributed by atoms with van der Waals surface area (Å²) in [7, 11) is 0. The predicted octanol–water partition coefficient (Wildman–Crippen LogP) is 3.18. The van der Waals surface area contributed by atoms with Gasteiger partial charge in [0.25, 0.3) is 0 Å². The minimum atomic E-state index is -0.193. The number of carbonyl (C=O) groups is 2. The van der Waals surface area contributed by atoms with Crippen molar-refractivity contribution in [3.8, 4) is 10.6 Å². The number of aromatic nitrogens is 1. The number of fused-ring (bicyclic) bond motifs is 2. The Labute approximate surface area is 117 Å². The summed E-state index contributed by atoms with van der Waals surface area (Å²) in [5.74, 6) is -0.330. The van der Waals surface area contributed by atoms with Crippen molar-refractivity contribution in [2.24, 2.45) is 0 Å². The summed E-state index contributed by atoms with van der Waals surface area (Å²) in [4.78, 5) is 29.6. The molecular formula is C15H7NO3S. The van der Waals surface area contributed by atoms with E-state index in [4.69, 9.17) is 4.42 Å². The van der Waals surface area contributed by atoms with Gasteiger partial charge in [-0.15, -0.1) is 11.3 Å². The van der Waals surface area contributed by atoms with Gasteiger partial charge in [0.05, 0.1) is 6.26 Å². The predicted molar refractivity (Wildman–Crippen MR) is 73.1 cm³/mol. The van der Waals surface area contributed by atoms with E-state index >= 15 is 0 Å². The van der Waals surface area contributed by atoms with Gasteiger partial charge in [0, 0.05) is 16.7 Å². The summed E-state index contributed by atoms with van der Waals surface area (Å²) in [5, 5.41) is 0.623. The van der Waals surface area contributed by atoms with E-state index in [-0.39, 0.29) is 17.3 Å². The highest BCUT2D eigenvalue weighted by molar-refractivity contribution is 7.17. The first kappa shape index (κ1) is 11.3. The van der Waals surface area contributed by atoms with Crippen molar-refractivity contribution < 1.29 is 14.0 Å². The molecule has 2 heterocycles. The zero-order valence-corrected chi connectivity index (χ0v) is 10.9. The molecule has 4 nitrogen and oxygen atoms in total. The summed E-state index contributed by atoms with van der Waals surface area (Å²) in [6.07, 6.45) is 3.08. The SMILES string of the molecule is O=C1c2ccccc2C(=O)c2sc(-c3ccoc3)nc21. The molecule has 0 N–H and O–H groups in total. The van der Waals surface area contributed by atoms with Crippen LogP contribution in [0.2, 0.25) is 0 Å². The Hall–Kier alpha value is -2.53. The maximum atomic E-state index is 12.4. The molecule has 96 valence electrons. The fraction of sp³-hybridized carbons (Fsp3) is 0. The van der Waals surface area contributed by atoms with Gasteiger partial charge in [-0.3, -0.25) is 9.59 Å². The molecule has 0 fully saturated rings. The van der Waals surface area contributed by atoms with E-state index in [2.05, 4.69) is 4.98 Å². The van der Waals surface area contributed by atoms with Crippen LogP contribution in [-0.2, 0) is 0 Å². The Bertz CT molecular complexity index is 793. The number of carbonyl (C=O) groups excluding carboxylic acids is 2. The number of hydrogen-bond donors (Lipinski definition) is 0. The molecule has 0 saturated heterocycles. The molecule has 0 unspecified atom stereocenters. The van der Waals surface area contributed by atoms with Crippen LogP contribution in [0, 0.1) is 0 Å². The van der Waals surface area contributed by atoms with Crippen molar-refractivity contribution >= 4 is 22.9 Å². The lowest BCUT2D eigenvalue weighted by Gasteiger charge is -2.11. The normalized spacial score (nSPS) is 13.2. The van der Waals surface area contributed by atoms with Gasteiger partial charge in [-0.2, -0.15) is 0 Å². The fourth-order valence-corrected chi connectivity index (χ4v) is 3.27. The lowest BCUT2D eigenvalue weighted by Crippen LogP contribution is -2.19. The second kappa shape index (κ2) is 3.98. The molecule has 0 saturated carbocycles. The van der Waals surface area contributed by atoms with Crippen molar-refractivity contribution in [2.75, 3.05) is 0 Å². The third-order valence-corrected chi connectivity index (χ3v) is 4.34. The van der Waals surface area contributed by atoms with Gasteiger partial charge < -0.3 is 4.42 Å². The molecule has 0 radical (unpaired) electrons.